The predicted molar refractivity (Wildman–Crippen MR) is 70.4 cm³/mol. The molecule has 0 aliphatic heterocycles. The van der Waals surface area contributed by atoms with Crippen LogP contribution in [0, 0.1) is 17.8 Å². The van der Waals surface area contributed by atoms with E-state index >= 15 is 0 Å². The molecule has 16 heavy (non-hydrogen) atoms. The molecule has 0 aromatic heterocycles. The Hall–Kier alpha value is -0.730. The minimum Gasteiger partial charge on any atom is -0.370 e. The largest absolute Gasteiger partial charge is 0.370 e. The zero-order valence-electron chi connectivity index (χ0n) is 11.2. The van der Waals surface area contributed by atoms with Crippen molar-refractivity contribution in [1.29, 1.82) is 0 Å². The number of nitrogens with zero attached hydrogens (tertiary/aromatic N) is 1. The fourth-order valence-corrected chi connectivity index (χ4v) is 2.21. The summed E-state index contributed by atoms with van der Waals surface area (Å²) >= 11 is 0. The molecule has 3 unspecified atom stereocenters. The molecule has 94 valence electrons. The van der Waals surface area contributed by atoms with Gasteiger partial charge < -0.3 is 11.1 Å². The van der Waals surface area contributed by atoms with Gasteiger partial charge in [-0.15, -0.1) is 0 Å². The summed E-state index contributed by atoms with van der Waals surface area (Å²) in [6, 6.07) is 0.530. The van der Waals surface area contributed by atoms with E-state index in [4.69, 9.17) is 5.73 Å². The quantitative estimate of drug-likeness (QED) is 0.572. The smallest absolute Gasteiger partial charge is 0.188 e. The second kappa shape index (κ2) is 6.12. The van der Waals surface area contributed by atoms with Crippen LogP contribution in [0.4, 0.5) is 0 Å². The molecule has 1 aliphatic rings. The molecule has 1 saturated carbocycles. The zero-order valence-corrected chi connectivity index (χ0v) is 11.2. The van der Waals surface area contributed by atoms with Crippen LogP contribution in [-0.2, 0) is 0 Å². The number of aliphatic imine (C=N–C) groups is 1. The first-order valence-electron chi connectivity index (χ1n) is 6.55. The minimum atomic E-state index is 0.530. The van der Waals surface area contributed by atoms with Gasteiger partial charge in [0.25, 0.3) is 0 Å². The third-order valence-corrected chi connectivity index (χ3v) is 3.58. The first kappa shape index (κ1) is 13.3. The summed E-state index contributed by atoms with van der Waals surface area (Å²) in [5, 5.41) is 3.35. The van der Waals surface area contributed by atoms with Gasteiger partial charge in [-0.2, -0.15) is 0 Å². The average molecular weight is 225 g/mol. The highest BCUT2D eigenvalue weighted by molar-refractivity contribution is 5.78. The lowest BCUT2D eigenvalue weighted by atomic mass is 9.79. The van der Waals surface area contributed by atoms with Crippen molar-refractivity contribution >= 4 is 5.96 Å². The molecule has 0 spiro atoms. The Kier molecular flexibility index (Phi) is 5.10. The molecule has 0 radical (unpaired) electrons. The van der Waals surface area contributed by atoms with E-state index in [1.165, 1.54) is 19.3 Å². The number of nitrogens with one attached hydrogen (secondary N) is 1. The van der Waals surface area contributed by atoms with E-state index in [9.17, 15) is 0 Å². The van der Waals surface area contributed by atoms with Crippen LogP contribution in [0.15, 0.2) is 4.99 Å². The van der Waals surface area contributed by atoms with Crippen molar-refractivity contribution in [3.05, 3.63) is 0 Å². The average Bonchev–Trinajstić information content (AvgIpc) is 2.21. The van der Waals surface area contributed by atoms with Gasteiger partial charge in [-0.1, -0.05) is 27.7 Å². The molecule has 0 amide bonds. The highest BCUT2D eigenvalue weighted by Gasteiger charge is 2.24. The van der Waals surface area contributed by atoms with Gasteiger partial charge in [-0.05, 0) is 37.0 Å². The summed E-state index contributed by atoms with van der Waals surface area (Å²) in [5.74, 6) is 2.85. The van der Waals surface area contributed by atoms with E-state index in [2.05, 4.69) is 38.0 Å². The molecule has 3 atom stereocenters. The zero-order chi connectivity index (χ0) is 12.1. The molecule has 0 heterocycles. The second-order valence-electron chi connectivity index (χ2n) is 5.73. The molecule has 0 saturated heterocycles. The Morgan fingerprint density at radius 1 is 1.31 bits per heavy atom. The predicted octanol–water partition coefficient (Wildman–Crippen LogP) is 2.37. The molecule has 0 bridgehead atoms. The summed E-state index contributed by atoms with van der Waals surface area (Å²) < 4.78 is 0. The number of guanidine groups is 1. The number of rotatable bonds is 3. The summed E-state index contributed by atoms with van der Waals surface area (Å²) in [6.07, 6.45) is 3.75. The SMILES string of the molecule is CC(C)CN=C(N)NC1CCC(C)C(C)C1. The summed E-state index contributed by atoms with van der Waals surface area (Å²) in [5.41, 5.74) is 5.87. The van der Waals surface area contributed by atoms with Gasteiger partial charge in [0.05, 0.1) is 0 Å². The molecule has 3 N–H and O–H groups in total. The van der Waals surface area contributed by atoms with Gasteiger partial charge in [0.1, 0.15) is 0 Å². The van der Waals surface area contributed by atoms with Crippen LogP contribution in [0.2, 0.25) is 0 Å². The first-order chi connectivity index (χ1) is 7.49. The van der Waals surface area contributed by atoms with Crippen LogP contribution in [0.25, 0.3) is 0 Å². The molecule has 1 fully saturated rings. The van der Waals surface area contributed by atoms with Crippen molar-refractivity contribution < 1.29 is 0 Å². The monoisotopic (exact) mass is 225 g/mol. The van der Waals surface area contributed by atoms with E-state index in [1.54, 1.807) is 0 Å². The fraction of sp³-hybridized carbons (Fsp3) is 0.923. The van der Waals surface area contributed by atoms with Crippen molar-refractivity contribution in [3.63, 3.8) is 0 Å². The van der Waals surface area contributed by atoms with E-state index in [0.717, 1.165) is 18.4 Å². The van der Waals surface area contributed by atoms with Crippen LogP contribution in [0.5, 0.6) is 0 Å². The second-order valence-corrected chi connectivity index (χ2v) is 5.73. The number of nitrogens with two attached hydrogens (primary N) is 1. The molecule has 1 rings (SSSR count). The van der Waals surface area contributed by atoms with E-state index in [0.29, 0.717) is 17.9 Å². The Morgan fingerprint density at radius 3 is 2.56 bits per heavy atom. The fourth-order valence-electron chi connectivity index (χ4n) is 2.21. The normalized spacial score (nSPS) is 31.8. The van der Waals surface area contributed by atoms with Gasteiger partial charge in [-0.3, -0.25) is 4.99 Å². The molecular formula is C13H27N3. The molecule has 3 heteroatoms. The summed E-state index contributed by atoms with van der Waals surface area (Å²) in [4.78, 5) is 4.35. The third kappa shape index (κ3) is 4.42. The van der Waals surface area contributed by atoms with Gasteiger partial charge >= 0.3 is 0 Å². The van der Waals surface area contributed by atoms with Crippen LogP contribution >= 0.6 is 0 Å². The summed E-state index contributed by atoms with van der Waals surface area (Å²) in [6.45, 7) is 9.80. The van der Waals surface area contributed by atoms with Crippen LogP contribution in [0.3, 0.4) is 0 Å². The van der Waals surface area contributed by atoms with Gasteiger partial charge in [0.2, 0.25) is 0 Å². The summed E-state index contributed by atoms with van der Waals surface area (Å²) in [7, 11) is 0. The number of hydrogen-bond acceptors (Lipinski definition) is 1. The highest BCUT2D eigenvalue weighted by Crippen LogP contribution is 2.29. The molecule has 0 aromatic carbocycles. The van der Waals surface area contributed by atoms with Crippen LogP contribution in [0.1, 0.15) is 47.0 Å². The van der Waals surface area contributed by atoms with Gasteiger partial charge in [-0.25, -0.2) is 0 Å². The van der Waals surface area contributed by atoms with Crippen molar-refractivity contribution in [1.82, 2.24) is 5.32 Å². The van der Waals surface area contributed by atoms with Crippen molar-refractivity contribution in [2.45, 2.75) is 53.0 Å². The Balaban J connectivity index is 2.34. The van der Waals surface area contributed by atoms with E-state index < -0.39 is 0 Å². The maximum Gasteiger partial charge on any atom is 0.188 e. The van der Waals surface area contributed by atoms with Gasteiger partial charge in [0.15, 0.2) is 5.96 Å². The van der Waals surface area contributed by atoms with Crippen molar-refractivity contribution in [3.8, 4) is 0 Å². The highest BCUT2D eigenvalue weighted by atomic mass is 15.1. The number of hydrogen-bond donors (Lipinski definition) is 2. The minimum absolute atomic E-state index is 0.530. The lowest BCUT2D eigenvalue weighted by molar-refractivity contribution is 0.240. The van der Waals surface area contributed by atoms with Gasteiger partial charge in [0, 0.05) is 12.6 Å². The topological polar surface area (TPSA) is 50.4 Å². The lowest BCUT2D eigenvalue weighted by Gasteiger charge is -2.32. The molecule has 3 nitrogen and oxygen atoms in total. The lowest BCUT2D eigenvalue weighted by Crippen LogP contribution is -2.43. The standard InChI is InChI=1S/C13H27N3/c1-9(2)8-15-13(14)16-12-6-5-10(3)11(4)7-12/h9-12H,5-8H2,1-4H3,(H3,14,15,16). The molecule has 1 aliphatic carbocycles. The third-order valence-electron chi connectivity index (χ3n) is 3.58. The van der Waals surface area contributed by atoms with Crippen LogP contribution in [-0.4, -0.2) is 18.5 Å². The van der Waals surface area contributed by atoms with Crippen LogP contribution < -0.4 is 11.1 Å². The Bertz CT molecular complexity index is 235. The van der Waals surface area contributed by atoms with E-state index in [-0.39, 0.29) is 0 Å². The van der Waals surface area contributed by atoms with Crippen molar-refractivity contribution in [2.75, 3.05) is 6.54 Å². The molecule has 0 aromatic rings. The maximum absolute atomic E-state index is 5.87. The first-order valence-corrected chi connectivity index (χ1v) is 6.55. The Morgan fingerprint density at radius 2 is 2.00 bits per heavy atom. The van der Waals surface area contributed by atoms with E-state index in [1.807, 2.05) is 0 Å². The Labute approximate surface area is 99.9 Å². The van der Waals surface area contributed by atoms with Crippen molar-refractivity contribution in [2.24, 2.45) is 28.5 Å². The molecular weight excluding hydrogens is 198 g/mol. The maximum atomic E-state index is 5.87.